The van der Waals surface area contributed by atoms with Crippen molar-refractivity contribution in [3.63, 3.8) is 0 Å². The molecule has 3 heteroatoms. The van der Waals surface area contributed by atoms with E-state index in [1.807, 2.05) is 13.0 Å². The first-order chi connectivity index (χ1) is 9.11. The Labute approximate surface area is 115 Å². The van der Waals surface area contributed by atoms with Gasteiger partial charge in [-0.15, -0.1) is 0 Å². The van der Waals surface area contributed by atoms with Crippen LogP contribution in [0.2, 0.25) is 0 Å². The van der Waals surface area contributed by atoms with E-state index in [1.54, 1.807) is 12.1 Å². The number of hydrogen-bond acceptors (Lipinski definition) is 2. The largest absolute Gasteiger partial charge is 0.507 e. The van der Waals surface area contributed by atoms with Gasteiger partial charge in [0, 0.05) is 6.04 Å². The highest BCUT2D eigenvalue weighted by molar-refractivity contribution is 5.97. The average Bonchev–Trinajstić information content (AvgIpc) is 2.39. The summed E-state index contributed by atoms with van der Waals surface area (Å²) in [5.41, 5.74) is 1.34. The predicted octanol–water partition coefficient (Wildman–Crippen LogP) is 3.40. The van der Waals surface area contributed by atoms with Crippen molar-refractivity contribution in [3.05, 3.63) is 29.3 Å². The van der Waals surface area contributed by atoms with Gasteiger partial charge in [0.15, 0.2) is 0 Å². The second-order valence-electron chi connectivity index (χ2n) is 5.55. The maximum absolute atomic E-state index is 12.2. The maximum Gasteiger partial charge on any atom is 0.255 e. The Hall–Kier alpha value is -1.51. The fourth-order valence-corrected chi connectivity index (χ4v) is 2.97. The van der Waals surface area contributed by atoms with E-state index in [0.717, 1.165) is 18.4 Å². The number of phenolic OH excluding ortho intramolecular Hbond substituents is 1. The molecule has 2 atom stereocenters. The summed E-state index contributed by atoms with van der Waals surface area (Å²) in [4.78, 5) is 12.2. The van der Waals surface area contributed by atoms with Gasteiger partial charge in [0.2, 0.25) is 0 Å². The molecular weight excluding hydrogens is 238 g/mol. The van der Waals surface area contributed by atoms with Crippen molar-refractivity contribution in [1.82, 2.24) is 5.32 Å². The van der Waals surface area contributed by atoms with Gasteiger partial charge in [-0.05, 0) is 43.4 Å². The lowest BCUT2D eigenvalue weighted by Crippen LogP contribution is -2.41. The van der Waals surface area contributed by atoms with E-state index in [4.69, 9.17) is 0 Å². The van der Waals surface area contributed by atoms with Gasteiger partial charge in [0.1, 0.15) is 5.75 Å². The van der Waals surface area contributed by atoms with Crippen molar-refractivity contribution in [2.45, 2.75) is 52.0 Å². The van der Waals surface area contributed by atoms with E-state index in [2.05, 4.69) is 12.2 Å². The molecule has 0 spiro atoms. The molecule has 0 aromatic heterocycles. The molecule has 1 amide bonds. The number of phenols is 1. The van der Waals surface area contributed by atoms with Gasteiger partial charge in [0.05, 0.1) is 5.56 Å². The number of aromatic hydroxyl groups is 1. The lowest BCUT2D eigenvalue weighted by atomic mass is 9.83. The van der Waals surface area contributed by atoms with Crippen LogP contribution in [0.1, 0.15) is 54.9 Å². The van der Waals surface area contributed by atoms with Crippen LogP contribution in [0.15, 0.2) is 18.2 Å². The number of benzene rings is 1. The molecule has 2 rings (SSSR count). The minimum atomic E-state index is -0.150. The Morgan fingerprint density at radius 2 is 2.11 bits per heavy atom. The standard InChI is InChI=1S/C16H23NO2/c1-3-12-6-4-5-7-14(12)17-16(19)13-9-8-11(2)10-15(13)18/h8-10,12,14,18H,3-7H2,1-2H3,(H,17,19). The van der Waals surface area contributed by atoms with Gasteiger partial charge in [-0.3, -0.25) is 4.79 Å². The molecule has 0 aliphatic heterocycles. The van der Waals surface area contributed by atoms with Crippen molar-refractivity contribution in [2.75, 3.05) is 0 Å². The summed E-state index contributed by atoms with van der Waals surface area (Å²) < 4.78 is 0. The van der Waals surface area contributed by atoms with Crippen LogP contribution in [-0.2, 0) is 0 Å². The normalized spacial score (nSPS) is 23.1. The number of hydrogen-bond donors (Lipinski definition) is 2. The summed E-state index contributed by atoms with van der Waals surface area (Å²) in [7, 11) is 0. The Bertz CT molecular complexity index is 456. The second-order valence-corrected chi connectivity index (χ2v) is 5.55. The summed E-state index contributed by atoms with van der Waals surface area (Å²) in [6.45, 7) is 4.08. The van der Waals surface area contributed by atoms with Gasteiger partial charge >= 0.3 is 0 Å². The van der Waals surface area contributed by atoms with Gasteiger partial charge in [-0.2, -0.15) is 0 Å². The van der Waals surface area contributed by atoms with Crippen LogP contribution in [0.3, 0.4) is 0 Å². The van der Waals surface area contributed by atoms with Crippen LogP contribution in [0.4, 0.5) is 0 Å². The smallest absolute Gasteiger partial charge is 0.255 e. The molecule has 1 saturated carbocycles. The van der Waals surface area contributed by atoms with Crippen molar-refractivity contribution in [1.29, 1.82) is 0 Å². The molecule has 2 N–H and O–H groups in total. The number of carbonyl (C=O) groups excluding carboxylic acids is 1. The number of rotatable bonds is 3. The fraction of sp³-hybridized carbons (Fsp3) is 0.562. The molecule has 0 bridgehead atoms. The van der Waals surface area contributed by atoms with Gasteiger partial charge < -0.3 is 10.4 Å². The van der Waals surface area contributed by atoms with Crippen molar-refractivity contribution in [3.8, 4) is 5.75 Å². The van der Waals surface area contributed by atoms with Crippen LogP contribution in [0.5, 0.6) is 5.75 Å². The van der Waals surface area contributed by atoms with Crippen molar-refractivity contribution >= 4 is 5.91 Å². The fourth-order valence-electron chi connectivity index (χ4n) is 2.97. The van der Waals surface area contributed by atoms with E-state index >= 15 is 0 Å². The number of aryl methyl sites for hydroxylation is 1. The SMILES string of the molecule is CCC1CCCCC1NC(=O)c1ccc(C)cc1O. The highest BCUT2D eigenvalue weighted by Gasteiger charge is 2.25. The highest BCUT2D eigenvalue weighted by Crippen LogP contribution is 2.27. The Morgan fingerprint density at radius 3 is 2.79 bits per heavy atom. The van der Waals surface area contributed by atoms with E-state index < -0.39 is 0 Å². The lowest BCUT2D eigenvalue weighted by molar-refractivity contribution is 0.0902. The molecule has 1 aromatic rings. The Morgan fingerprint density at radius 1 is 1.37 bits per heavy atom. The number of amides is 1. The third-order valence-electron chi connectivity index (χ3n) is 4.15. The van der Waals surface area contributed by atoms with Gasteiger partial charge in [0.25, 0.3) is 5.91 Å². The van der Waals surface area contributed by atoms with E-state index in [0.29, 0.717) is 11.5 Å². The first kappa shape index (κ1) is 13.9. The lowest BCUT2D eigenvalue weighted by Gasteiger charge is -2.31. The molecule has 1 aromatic carbocycles. The van der Waals surface area contributed by atoms with Crippen LogP contribution in [0, 0.1) is 12.8 Å². The average molecular weight is 261 g/mol. The molecule has 1 aliphatic rings. The summed E-state index contributed by atoms with van der Waals surface area (Å²) in [5.74, 6) is 0.495. The first-order valence-corrected chi connectivity index (χ1v) is 7.22. The monoisotopic (exact) mass is 261 g/mol. The van der Waals surface area contributed by atoms with Gasteiger partial charge in [-0.1, -0.05) is 32.3 Å². The zero-order valence-corrected chi connectivity index (χ0v) is 11.8. The quantitative estimate of drug-likeness (QED) is 0.876. The maximum atomic E-state index is 12.2. The molecular formula is C16H23NO2. The topological polar surface area (TPSA) is 49.3 Å². The van der Waals surface area contributed by atoms with Crippen LogP contribution in [0.25, 0.3) is 0 Å². The zero-order chi connectivity index (χ0) is 13.8. The summed E-state index contributed by atoms with van der Waals surface area (Å²) >= 11 is 0. The molecule has 0 heterocycles. The van der Waals surface area contributed by atoms with Gasteiger partial charge in [-0.25, -0.2) is 0 Å². The van der Waals surface area contributed by atoms with E-state index in [1.165, 1.54) is 19.3 Å². The molecule has 104 valence electrons. The predicted molar refractivity (Wildman–Crippen MR) is 76.3 cm³/mol. The van der Waals surface area contributed by atoms with E-state index in [9.17, 15) is 9.90 Å². The van der Waals surface area contributed by atoms with Crippen LogP contribution < -0.4 is 5.32 Å². The van der Waals surface area contributed by atoms with E-state index in [-0.39, 0.29) is 17.7 Å². The molecule has 1 fully saturated rings. The van der Waals surface area contributed by atoms with Crippen LogP contribution >= 0.6 is 0 Å². The Balaban J connectivity index is 2.07. The molecule has 2 unspecified atom stereocenters. The van der Waals surface area contributed by atoms with Crippen molar-refractivity contribution < 1.29 is 9.90 Å². The summed E-state index contributed by atoms with van der Waals surface area (Å²) in [5, 5.41) is 13.0. The molecule has 1 aliphatic carbocycles. The van der Waals surface area contributed by atoms with Crippen molar-refractivity contribution in [2.24, 2.45) is 5.92 Å². The zero-order valence-electron chi connectivity index (χ0n) is 11.8. The molecule has 3 nitrogen and oxygen atoms in total. The number of carbonyl (C=O) groups is 1. The molecule has 0 saturated heterocycles. The molecule has 0 radical (unpaired) electrons. The first-order valence-electron chi connectivity index (χ1n) is 7.22. The summed E-state index contributed by atoms with van der Waals surface area (Å²) in [6, 6.07) is 5.44. The third kappa shape index (κ3) is 3.28. The van der Waals surface area contributed by atoms with Crippen LogP contribution in [-0.4, -0.2) is 17.1 Å². The highest BCUT2D eigenvalue weighted by atomic mass is 16.3. The third-order valence-corrected chi connectivity index (χ3v) is 4.15. The number of nitrogens with one attached hydrogen (secondary N) is 1. The second kappa shape index (κ2) is 6.09. The minimum absolute atomic E-state index is 0.0707. The molecule has 19 heavy (non-hydrogen) atoms. The minimum Gasteiger partial charge on any atom is -0.507 e. The Kier molecular flexibility index (Phi) is 4.46. The summed E-state index contributed by atoms with van der Waals surface area (Å²) in [6.07, 6.45) is 5.80.